The number of carboxylic acid groups (broad SMARTS) is 1. The molecule has 0 aliphatic rings. The molecule has 0 fully saturated rings. The molecule has 0 rings (SSSR count). The van der Waals surface area contributed by atoms with Crippen LogP contribution in [0.2, 0.25) is 0 Å². The van der Waals surface area contributed by atoms with Crippen LogP contribution in [0.3, 0.4) is 0 Å². The fraction of sp³-hybridized carbons (Fsp3) is 0.778. The number of amides is 2. The minimum absolute atomic E-state index is 0. The first-order chi connectivity index (χ1) is 22.0. The molecule has 5 N–H and O–H groups in total. The van der Waals surface area contributed by atoms with E-state index >= 15 is 0 Å². The number of rotatable bonds is 22. The first kappa shape index (κ1) is 49.9. The number of hydrogen-bond acceptors (Lipinski definition) is 9. The number of carbonyl (C=O) groups is 8. The molecule has 2 amide bonds. The zero-order chi connectivity index (χ0) is 37.8. The van der Waals surface area contributed by atoms with Crippen molar-refractivity contribution in [2.75, 3.05) is 0 Å². The summed E-state index contributed by atoms with van der Waals surface area (Å²) >= 11 is 0. The van der Waals surface area contributed by atoms with E-state index in [9.17, 15) is 38.4 Å². The minimum atomic E-state index is -1.02. The molecule has 0 radical (unpaired) electrons. The Labute approximate surface area is 292 Å². The highest BCUT2D eigenvalue weighted by Gasteiger charge is 2.30. The van der Waals surface area contributed by atoms with Crippen molar-refractivity contribution in [3.63, 3.8) is 0 Å². The Morgan fingerprint density at radius 1 is 0.592 bits per heavy atom. The standard InChI is InChI=1S/C20H35NO5.C16H27NO5.H2O/c1-13(2)18(21-17(24)11-9-8-10-15(4)22)16(23)12-14(3)19(25)26-20(5,6)7;1-10(2)15(13(19)9-11(3)16(21)22)17-14(20)8-6-5-7-12(4)18;/h13-14,18H,8-12H2,1-7H3,(H,21,24);10-11,15H,5-9H2,1-4H3,(H,17,20)(H,21,22);1H2/t14-,18+;11-,15+;/m11./s1. The molecule has 49 heavy (non-hydrogen) atoms. The van der Waals surface area contributed by atoms with Gasteiger partial charge in [0.05, 0.1) is 23.9 Å². The van der Waals surface area contributed by atoms with Crippen molar-refractivity contribution < 1.29 is 53.7 Å². The van der Waals surface area contributed by atoms with E-state index in [2.05, 4.69) is 10.6 Å². The van der Waals surface area contributed by atoms with E-state index < -0.39 is 41.5 Å². The third-order valence-electron chi connectivity index (χ3n) is 7.27. The molecule has 284 valence electrons. The van der Waals surface area contributed by atoms with Crippen LogP contribution in [0.4, 0.5) is 0 Å². The summed E-state index contributed by atoms with van der Waals surface area (Å²) in [5, 5.41) is 14.3. The van der Waals surface area contributed by atoms with Gasteiger partial charge in [-0.15, -0.1) is 0 Å². The maximum Gasteiger partial charge on any atom is 0.309 e. The van der Waals surface area contributed by atoms with E-state index in [1.807, 2.05) is 27.7 Å². The van der Waals surface area contributed by atoms with Crippen molar-refractivity contribution in [1.29, 1.82) is 0 Å². The molecule has 0 bridgehead atoms. The average molecular weight is 701 g/mol. The molecule has 4 atom stereocenters. The van der Waals surface area contributed by atoms with E-state index in [1.165, 1.54) is 20.8 Å². The van der Waals surface area contributed by atoms with Gasteiger partial charge in [0.2, 0.25) is 11.8 Å². The van der Waals surface area contributed by atoms with Gasteiger partial charge < -0.3 is 35.5 Å². The summed E-state index contributed by atoms with van der Waals surface area (Å²) in [7, 11) is 0. The highest BCUT2D eigenvalue weighted by molar-refractivity contribution is 5.92. The first-order valence-electron chi connectivity index (χ1n) is 17.1. The summed E-state index contributed by atoms with van der Waals surface area (Å²) in [6.07, 6.45) is 3.92. The molecule has 13 heteroatoms. The molecular formula is C36H64N2O11. The molecule has 13 nitrogen and oxygen atoms in total. The van der Waals surface area contributed by atoms with Gasteiger partial charge in [0.15, 0.2) is 11.6 Å². The third-order valence-corrected chi connectivity index (χ3v) is 7.27. The van der Waals surface area contributed by atoms with Crippen molar-refractivity contribution in [2.24, 2.45) is 23.7 Å². The number of esters is 1. The fourth-order valence-electron chi connectivity index (χ4n) is 4.48. The first-order valence-corrected chi connectivity index (χ1v) is 17.1. The lowest BCUT2D eigenvalue weighted by atomic mass is 9.93. The van der Waals surface area contributed by atoms with Crippen LogP contribution in [0.25, 0.3) is 0 Å². The highest BCUT2D eigenvalue weighted by Crippen LogP contribution is 2.17. The molecule has 0 aliphatic heterocycles. The Morgan fingerprint density at radius 2 is 0.918 bits per heavy atom. The summed E-state index contributed by atoms with van der Waals surface area (Å²) in [5.74, 6) is -3.60. The Bertz CT molecular complexity index is 1090. The number of hydrogen-bond donors (Lipinski definition) is 3. The van der Waals surface area contributed by atoms with Crippen LogP contribution in [-0.2, 0) is 43.1 Å². The Morgan fingerprint density at radius 3 is 1.20 bits per heavy atom. The summed E-state index contributed by atoms with van der Waals surface area (Å²) < 4.78 is 5.30. The zero-order valence-electron chi connectivity index (χ0n) is 31.7. The molecule has 0 aromatic carbocycles. The molecule has 0 spiro atoms. The summed E-state index contributed by atoms with van der Waals surface area (Å²) in [5.41, 5.74) is -0.597. The summed E-state index contributed by atoms with van der Waals surface area (Å²) in [6.45, 7) is 18.8. The van der Waals surface area contributed by atoms with Gasteiger partial charge in [-0.05, 0) is 72.1 Å². The summed E-state index contributed by atoms with van der Waals surface area (Å²) in [4.78, 5) is 93.2. The SMILES string of the molecule is CC(=O)CCCCC(=O)N[C@H](C(=O)C[C@@H](C)C(=O)O)C(C)C.CC(=O)CCCCC(=O)N[C@H](C(=O)C[C@@H](C)C(=O)OC(C)(C)C)C(C)C.O. The van der Waals surface area contributed by atoms with Crippen molar-refractivity contribution in [3.05, 3.63) is 0 Å². The second-order valence-corrected chi connectivity index (χ2v) is 14.4. The molecule has 0 aromatic heterocycles. The van der Waals surface area contributed by atoms with E-state index in [4.69, 9.17) is 9.84 Å². The molecule has 0 aromatic rings. The molecule has 0 saturated carbocycles. The van der Waals surface area contributed by atoms with Gasteiger partial charge in [0.25, 0.3) is 0 Å². The van der Waals surface area contributed by atoms with Crippen LogP contribution in [0.1, 0.15) is 140 Å². The highest BCUT2D eigenvalue weighted by atomic mass is 16.6. The quantitative estimate of drug-likeness (QED) is 0.107. The van der Waals surface area contributed by atoms with E-state index in [-0.39, 0.29) is 77.9 Å². The predicted octanol–water partition coefficient (Wildman–Crippen LogP) is 4.35. The fourth-order valence-corrected chi connectivity index (χ4v) is 4.48. The van der Waals surface area contributed by atoms with E-state index in [1.54, 1.807) is 27.7 Å². The number of nitrogens with one attached hydrogen (secondary N) is 2. The number of ether oxygens (including phenoxy) is 1. The van der Waals surface area contributed by atoms with Gasteiger partial charge in [-0.1, -0.05) is 41.5 Å². The number of ketones is 4. The lowest BCUT2D eigenvalue weighted by Crippen LogP contribution is -2.45. The smallest absolute Gasteiger partial charge is 0.309 e. The van der Waals surface area contributed by atoms with Crippen LogP contribution in [0, 0.1) is 23.7 Å². The topological polar surface area (TPSA) is 222 Å². The normalized spacial score (nSPS) is 13.4. The van der Waals surface area contributed by atoms with Crippen molar-refractivity contribution in [2.45, 2.75) is 158 Å². The molecule has 0 aliphatic carbocycles. The maximum absolute atomic E-state index is 12.6. The molecule has 0 heterocycles. The van der Waals surface area contributed by atoms with Gasteiger partial charge >= 0.3 is 11.9 Å². The Kier molecular flexibility index (Phi) is 26.0. The van der Waals surface area contributed by atoms with Crippen LogP contribution in [0.5, 0.6) is 0 Å². The van der Waals surface area contributed by atoms with Gasteiger partial charge in [0.1, 0.15) is 17.2 Å². The number of carboxylic acids is 1. The van der Waals surface area contributed by atoms with Crippen LogP contribution in [0.15, 0.2) is 0 Å². The zero-order valence-corrected chi connectivity index (χ0v) is 31.7. The lowest BCUT2D eigenvalue weighted by Gasteiger charge is -2.25. The second-order valence-electron chi connectivity index (χ2n) is 14.4. The van der Waals surface area contributed by atoms with Crippen LogP contribution in [-0.4, -0.2) is 75.2 Å². The lowest BCUT2D eigenvalue weighted by molar-refractivity contribution is -0.160. The van der Waals surface area contributed by atoms with Crippen molar-refractivity contribution in [3.8, 4) is 0 Å². The van der Waals surface area contributed by atoms with Gasteiger partial charge in [-0.2, -0.15) is 0 Å². The summed E-state index contributed by atoms with van der Waals surface area (Å²) in [6, 6.07) is -1.29. The van der Waals surface area contributed by atoms with Crippen molar-refractivity contribution >= 4 is 46.9 Å². The number of carbonyl (C=O) groups excluding carboxylic acids is 7. The molecular weight excluding hydrogens is 636 g/mol. The van der Waals surface area contributed by atoms with Gasteiger partial charge in [0, 0.05) is 38.5 Å². The minimum Gasteiger partial charge on any atom is -0.481 e. The second kappa shape index (κ2) is 25.5. The van der Waals surface area contributed by atoms with Gasteiger partial charge in [-0.25, -0.2) is 0 Å². The largest absolute Gasteiger partial charge is 0.481 e. The predicted molar refractivity (Wildman–Crippen MR) is 187 cm³/mol. The van der Waals surface area contributed by atoms with E-state index in [0.717, 1.165) is 0 Å². The van der Waals surface area contributed by atoms with E-state index in [0.29, 0.717) is 38.5 Å². The maximum atomic E-state index is 12.6. The number of aliphatic carboxylic acids is 1. The average Bonchev–Trinajstić information content (AvgIpc) is 2.93. The Balaban J connectivity index is -0.000000858. The number of Topliss-reactive ketones (excluding diaryl/α,β-unsaturated/α-hetero) is 4. The molecule has 0 unspecified atom stereocenters. The monoisotopic (exact) mass is 700 g/mol. The molecule has 0 saturated heterocycles. The van der Waals surface area contributed by atoms with Crippen LogP contribution >= 0.6 is 0 Å². The van der Waals surface area contributed by atoms with Crippen LogP contribution < -0.4 is 10.6 Å². The number of unbranched alkanes of at least 4 members (excludes halogenated alkanes) is 2. The van der Waals surface area contributed by atoms with Gasteiger partial charge in [-0.3, -0.25) is 28.8 Å². The third kappa shape index (κ3) is 26.1. The van der Waals surface area contributed by atoms with Crippen molar-refractivity contribution in [1.82, 2.24) is 10.6 Å². The Hall–Kier alpha value is -3.48.